The molecule has 0 aliphatic carbocycles. The average molecular weight is 682 g/mol. The molecule has 10 nitrogen and oxygen atoms in total. The maximum absolute atomic E-state index is 5.81. The van der Waals surface area contributed by atoms with Crippen molar-refractivity contribution < 1.29 is 18.9 Å². The topological polar surface area (TPSA) is 139 Å². The highest BCUT2D eigenvalue weighted by Gasteiger charge is 2.13. The van der Waals surface area contributed by atoms with Crippen LogP contribution in [0.3, 0.4) is 0 Å². The lowest BCUT2D eigenvalue weighted by Gasteiger charge is -2.15. The molecule has 250 valence electrons. The van der Waals surface area contributed by atoms with Gasteiger partial charge in [-0.05, 0) is 93.2 Å². The molecule has 0 atom stereocenters. The van der Waals surface area contributed by atoms with Gasteiger partial charge >= 0.3 is 0 Å². The van der Waals surface area contributed by atoms with Crippen LogP contribution in [0.25, 0.3) is 10.8 Å². The number of pyridine rings is 2. The number of ether oxygens (including phenoxy) is 4. The predicted octanol–water partition coefficient (Wildman–Crippen LogP) is 8.93. The quantitative estimate of drug-likeness (QED) is 0.124. The Morgan fingerprint density at radius 1 is 0.638 bits per heavy atom. The Bertz CT molecular complexity index is 1720. The van der Waals surface area contributed by atoms with Crippen LogP contribution in [0.2, 0.25) is 0 Å². The summed E-state index contributed by atoms with van der Waals surface area (Å²) in [4.78, 5) is 8.53. The summed E-state index contributed by atoms with van der Waals surface area (Å²) < 4.78 is 23.0. The number of rotatable bonds is 12. The molecule has 47 heavy (non-hydrogen) atoms. The van der Waals surface area contributed by atoms with Crippen LogP contribution in [0.15, 0.2) is 95.3 Å². The summed E-state index contributed by atoms with van der Waals surface area (Å²) in [7, 11) is 0. The van der Waals surface area contributed by atoms with Gasteiger partial charge in [-0.1, -0.05) is 24.3 Å². The summed E-state index contributed by atoms with van der Waals surface area (Å²) in [5, 5.41) is 10.2. The Labute approximate surface area is 288 Å². The number of nitrogens with two attached hydrogens (primary N) is 2. The van der Waals surface area contributed by atoms with Crippen LogP contribution in [0.5, 0.6) is 23.0 Å². The fourth-order valence-corrected chi connectivity index (χ4v) is 4.49. The fraction of sp³-hybridized carbons (Fsp3) is 0.257. The molecule has 0 fully saturated rings. The molecule has 3 aromatic carbocycles. The summed E-state index contributed by atoms with van der Waals surface area (Å²) in [5.74, 6) is 3.69. The highest BCUT2D eigenvalue weighted by molar-refractivity contribution is 5.88. The molecule has 4 N–H and O–H groups in total. The standard InChI is InChI=1S/C24H29NO4.C11H11N5.2ClH/c1-5-26-21-10-9-17(14-22(21)27-6-2)13-20-19-16-24(29-8-4)23(28-7-3)15-18(19)11-12-25-20;12-10-7-6-9(11(13)14-10)16-15-8-4-2-1-3-5-8;;/h9-12,14-16H,5-8,13H2,1-4H3;1-7H,(H4,12,13,14);2*1H. The van der Waals surface area contributed by atoms with Gasteiger partial charge in [0, 0.05) is 18.0 Å². The van der Waals surface area contributed by atoms with E-state index in [0.29, 0.717) is 44.4 Å². The Kier molecular flexibility index (Phi) is 16.1. The lowest BCUT2D eigenvalue weighted by molar-refractivity contribution is 0.287. The lowest BCUT2D eigenvalue weighted by Crippen LogP contribution is -2.01. The number of hydrogen-bond donors (Lipinski definition) is 2. The summed E-state index contributed by atoms with van der Waals surface area (Å²) in [6.07, 6.45) is 2.52. The largest absolute Gasteiger partial charge is 0.490 e. The smallest absolute Gasteiger partial charge is 0.161 e. The predicted molar refractivity (Wildman–Crippen MR) is 194 cm³/mol. The second-order valence-electron chi connectivity index (χ2n) is 9.64. The first-order chi connectivity index (χ1) is 21.9. The number of hydrogen-bond acceptors (Lipinski definition) is 10. The van der Waals surface area contributed by atoms with Gasteiger partial charge in [-0.15, -0.1) is 29.9 Å². The summed E-state index contributed by atoms with van der Waals surface area (Å²) in [5.41, 5.74) is 14.5. The monoisotopic (exact) mass is 680 g/mol. The van der Waals surface area contributed by atoms with Gasteiger partial charge in [0.15, 0.2) is 28.8 Å². The number of nitrogens with zero attached hydrogens (tertiary/aromatic N) is 4. The van der Waals surface area contributed by atoms with Gasteiger partial charge in [0.05, 0.1) is 37.8 Å². The molecule has 5 aromatic rings. The number of nitrogen functional groups attached to an aromatic ring is 2. The van der Waals surface area contributed by atoms with Crippen molar-refractivity contribution in [3.8, 4) is 23.0 Å². The molecule has 0 aliphatic heterocycles. The van der Waals surface area contributed by atoms with E-state index in [1.807, 2.05) is 94.6 Å². The van der Waals surface area contributed by atoms with E-state index in [2.05, 4.69) is 26.3 Å². The van der Waals surface area contributed by atoms with Crippen molar-refractivity contribution in [3.05, 3.63) is 96.3 Å². The molecule has 0 spiro atoms. The first-order valence-electron chi connectivity index (χ1n) is 15.0. The van der Waals surface area contributed by atoms with Crippen LogP contribution in [0.4, 0.5) is 23.0 Å². The van der Waals surface area contributed by atoms with E-state index in [9.17, 15) is 0 Å². The number of fused-ring (bicyclic) bond motifs is 1. The zero-order chi connectivity index (χ0) is 32.0. The van der Waals surface area contributed by atoms with Crippen LogP contribution in [0.1, 0.15) is 39.0 Å². The lowest BCUT2D eigenvalue weighted by atomic mass is 10.0. The van der Waals surface area contributed by atoms with E-state index in [1.165, 1.54) is 0 Å². The van der Waals surface area contributed by atoms with Crippen molar-refractivity contribution in [2.45, 2.75) is 34.1 Å². The van der Waals surface area contributed by atoms with Crippen molar-refractivity contribution in [2.24, 2.45) is 10.2 Å². The first-order valence-corrected chi connectivity index (χ1v) is 15.0. The van der Waals surface area contributed by atoms with Crippen molar-refractivity contribution >= 4 is 58.6 Å². The molecular formula is C35H42Cl2N6O4. The van der Waals surface area contributed by atoms with Gasteiger partial charge in [0.25, 0.3) is 0 Å². The molecule has 0 unspecified atom stereocenters. The minimum Gasteiger partial charge on any atom is -0.490 e. The van der Waals surface area contributed by atoms with E-state index in [1.54, 1.807) is 12.1 Å². The molecular weight excluding hydrogens is 639 g/mol. The van der Waals surface area contributed by atoms with Crippen LogP contribution < -0.4 is 30.4 Å². The Morgan fingerprint density at radius 2 is 1.26 bits per heavy atom. The van der Waals surface area contributed by atoms with Gasteiger partial charge in [0.2, 0.25) is 0 Å². The maximum atomic E-state index is 5.81. The van der Waals surface area contributed by atoms with Crippen molar-refractivity contribution in [1.29, 1.82) is 0 Å². The maximum Gasteiger partial charge on any atom is 0.161 e. The van der Waals surface area contributed by atoms with E-state index in [4.69, 9.17) is 30.4 Å². The Hall–Kier alpha value is -4.80. The molecule has 2 heterocycles. The van der Waals surface area contributed by atoms with Crippen molar-refractivity contribution in [1.82, 2.24) is 9.97 Å². The van der Waals surface area contributed by atoms with Gasteiger partial charge < -0.3 is 30.4 Å². The van der Waals surface area contributed by atoms with E-state index in [-0.39, 0.29) is 30.6 Å². The number of halogens is 2. The minimum absolute atomic E-state index is 0. The Balaban J connectivity index is 0.000000363. The summed E-state index contributed by atoms with van der Waals surface area (Å²) in [6.45, 7) is 10.3. The zero-order valence-electron chi connectivity index (χ0n) is 27.0. The summed E-state index contributed by atoms with van der Waals surface area (Å²) in [6, 6.07) is 24.8. The molecule has 0 saturated carbocycles. The van der Waals surface area contributed by atoms with Crippen LogP contribution in [-0.4, -0.2) is 36.4 Å². The van der Waals surface area contributed by atoms with Gasteiger partial charge in [-0.2, -0.15) is 5.11 Å². The van der Waals surface area contributed by atoms with Crippen LogP contribution in [-0.2, 0) is 6.42 Å². The van der Waals surface area contributed by atoms with E-state index >= 15 is 0 Å². The van der Waals surface area contributed by atoms with Crippen molar-refractivity contribution in [3.63, 3.8) is 0 Å². The second kappa shape index (κ2) is 19.7. The third-order valence-electron chi connectivity index (χ3n) is 6.44. The normalized spacial score (nSPS) is 10.3. The van der Waals surface area contributed by atoms with Gasteiger partial charge in [-0.25, -0.2) is 4.98 Å². The highest BCUT2D eigenvalue weighted by atomic mass is 35.5. The molecule has 0 aliphatic rings. The van der Waals surface area contributed by atoms with E-state index < -0.39 is 0 Å². The van der Waals surface area contributed by atoms with Gasteiger partial charge in [0.1, 0.15) is 11.5 Å². The molecule has 0 saturated heterocycles. The average Bonchev–Trinajstić information content (AvgIpc) is 3.04. The first kappa shape index (κ1) is 38.4. The fourth-order valence-electron chi connectivity index (χ4n) is 4.49. The molecule has 5 rings (SSSR count). The van der Waals surface area contributed by atoms with Crippen molar-refractivity contribution in [2.75, 3.05) is 37.9 Å². The molecule has 0 radical (unpaired) electrons. The summed E-state index contributed by atoms with van der Waals surface area (Å²) >= 11 is 0. The van der Waals surface area contributed by atoms with Gasteiger partial charge in [-0.3, -0.25) is 4.98 Å². The number of benzene rings is 3. The SMILES string of the molecule is CCOc1ccc(Cc2nccc3cc(OCC)c(OCC)cc23)cc1OCC.Cl.Cl.Nc1ccc(N=Nc2ccccc2)c(N)n1. The number of azo groups is 1. The molecule has 0 bridgehead atoms. The molecule has 2 aromatic heterocycles. The van der Waals surface area contributed by atoms with Crippen LogP contribution >= 0.6 is 24.8 Å². The highest BCUT2D eigenvalue weighted by Crippen LogP contribution is 2.35. The second-order valence-corrected chi connectivity index (χ2v) is 9.64. The third kappa shape index (κ3) is 10.9. The van der Waals surface area contributed by atoms with E-state index in [0.717, 1.165) is 50.7 Å². The molecule has 0 amide bonds. The zero-order valence-corrected chi connectivity index (χ0v) is 28.6. The number of aromatic nitrogens is 2. The molecule has 12 heteroatoms. The minimum atomic E-state index is 0. The number of anilines is 2. The van der Waals surface area contributed by atoms with Crippen LogP contribution in [0, 0.1) is 0 Å². The Morgan fingerprint density at radius 3 is 1.89 bits per heavy atom. The third-order valence-corrected chi connectivity index (χ3v) is 6.44.